The third-order valence-electron chi connectivity index (χ3n) is 2.02. The molecule has 0 bridgehead atoms. The predicted molar refractivity (Wildman–Crippen MR) is 57.4 cm³/mol. The summed E-state index contributed by atoms with van der Waals surface area (Å²) in [7, 11) is 0. The van der Waals surface area contributed by atoms with Gasteiger partial charge in [-0.15, -0.1) is 6.42 Å². The van der Waals surface area contributed by atoms with Gasteiger partial charge in [0.1, 0.15) is 0 Å². The van der Waals surface area contributed by atoms with Crippen molar-refractivity contribution in [1.82, 2.24) is 0 Å². The minimum Gasteiger partial charge on any atom is -0.389 e. The van der Waals surface area contributed by atoms with Crippen LogP contribution in [-0.4, -0.2) is 11.2 Å². The molecule has 0 aliphatic heterocycles. The number of hydrogen-bond donors (Lipinski definition) is 1. The highest BCUT2D eigenvalue weighted by Crippen LogP contribution is 2.07. The van der Waals surface area contributed by atoms with Gasteiger partial charge in [0.15, 0.2) is 0 Å². The van der Waals surface area contributed by atoms with Crippen molar-refractivity contribution < 1.29 is 5.11 Å². The zero-order chi connectivity index (χ0) is 9.94. The van der Waals surface area contributed by atoms with Gasteiger partial charge in [0.25, 0.3) is 0 Å². The molecule has 74 valence electrons. The molecule has 1 unspecified atom stereocenters. The first-order valence-corrected chi connectivity index (χ1v) is 5.12. The first-order valence-electron chi connectivity index (χ1n) is 5.12. The molecule has 0 radical (unpaired) electrons. The number of aliphatic hydroxyl groups excluding tert-OH is 1. The van der Waals surface area contributed by atoms with Gasteiger partial charge in [-0.2, -0.15) is 0 Å². The van der Waals surface area contributed by atoms with E-state index in [1.54, 1.807) is 12.2 Å². The largest absolute Gasteiger partial charge is 0.389 e. The van der Waals surface area contributed by atoms with Crippen LogP contribution in [0.2, 0.25) is 0 Å². The van der Waals surface area contributed by atoms with Crippen molar-refractivity contribution in [3.8, 4) is 12.3 Å². The van der Waals surface area contributed by atoms with Gasteiger partial charge in [0, 0.05) is 0 Å². The molecule has 0 amide bonds. The molecule has 0 saturated heterocycles. The van der Waals surface area contributed by atoms with Crippen LogP contribution in [-0.2, 0) is 0 Å². The number of rotatable bonds is 7. The first kappa shape index (κ1) is 12.3. The lowest BCUT2D eigenvalue weighted by Gasteiger charge is -2.03. The summed E-state index contributed by atoms with van der Waals surface area (Å²) in [6.45, 7) is 2.20. The molecular formula is C12H20O. The van der Waals surface area contributed by atoms with E-state index >= 15 is 0 Å². The van der Waals surface area contributed by atoms with E-state index in [2.05, 4.69) is 12.8 Å². The number of unbranched alkanes of at least 4 members (excludes halogenated alkanes) is 4. The van der Waals surface area contributed by atoms with Gasteiger partial charge in [-0.05, 0) is 18.6 Å². The fourth-order valence-electron chi connectivity index (χ4n) is 1.22. The number of terminal acetylenes is 1. The van der Waals surface area contributed by atoms with Gasteiger partial charge in [0.2, 0.25) is 0 Å². The Bertz CT molecular complexity index is 164. The molecule has 0 heterocycles. The molecule has 13 heavy (non-hydrogen) atoms. The van der Waals surface area contributed by atoms with Gasteiger partial charge in [-0.3, -0.25) is 0 Å². The Labute approximate surface area is 81.9 Å². The Morgan fingerprint density at radius 2 is 2.00 bits per heavy atom. The summed E-state index contributed by atoms with van der Waals surface area (Å²) in [6, 6.07) is 0. The summed E-state index contributed by atoms with van der Waals surface area (Å²) in [6.07, 6.45) is 14.9. The molecule has 0 spiro atoms. The van der Waals surface area contributed by atoms with Crippen LogP contribution in [0, 0.1) is 12.3 Å². The maximum Gasteiger partial charge on any atom is 0.0730 e. The van der Waals surface area contributed by atoms with E-state index in [-0.39, 0.29) is 6.10 Å². The highest BCUT2D eigenvalue weighted by Gasteiger charge is 1.97. The molecule has 0 aliphatic rings. The quantitative estimate of drug-likeness (QED) is 0.472. The Hall–Kier alpha value is -0.740. The molecular weight excluding hydrogens is 160 g/mol. The van der Waals surface area contributed by atoms with E-state index in [4.69, 9.17) is 6.42 Å². The van der Waals surface area contributed by atoms with Crippen molar-refractivity contribution >= 4 is 0 Å². The van der Waals surface area contributed by atoms with E-state index in [0.29, 0.717) is 0 Å². The fourth-order valence-corrected chi connectivity index (χ4v) is 1.22. The van der Waals surface area contributed by atoms with E-state index in [1.165, 1.54) is 25.7 Å². The van der Waals surface area contributed by atoms with E-state index in [1.807, 2.05) is 0 Å². The molecule has 0 aromatic rings. The van der Waals surface area contributed by atoms with Gasteiger partial charge >= 0.3 is 0 Å². The zero-order valence-corrected chi connectivity index (χ0v) is 8.50. The SMILES string of the molecule is C#CC=CC(O)CCCCCCC. The van der Waals surface area contributed by atoms with Crippen LogP contribution in [0.15, 0.2) is 12.2 Å². The summed E-state index contributed by atoms with van der Waals surface area (Å²) >= 11 is 0. The molecule has 0 aromatic heterocycles. The molecule has 1 atom stereocenters. The van der Waals surface area contributed by atoms with Crippen molar-refractivity contribution in [1.29, 1.82) is 0 Å². The topological polar surface area (TPSA) is 20.2 Å². The first-order chi connectivity index (χ1) is 6.31. The lowest BCUT2D eigenvalue weighted by atomic mass is 10.1. The van der Waals surface area contributed by atoms with Crippen LogP contribution in [0.25, 0.3) is 0 Å². The van der Waals surface area contributed by atoms with Crippen LogP contribution in [0.1, 0.15) is 45.4 Å². The Morgan fingerprint density at radius 3 is 2.62 bits per heavy atom. The molecule has 0 rings (SSSR count). The van der Waals surface area contributed by atoms with Crippen LogP contribution in [0.3, 0.4) is 0 Å². The summed E-state index contributed by atoms with van der Waals surface area (Å²) in [5.74, 6) is 2.37. The molecule has 1 heteroatoms. The molecule has 1 nitrogen and oxygen atoms in total. The highest BCUT2D eigenvalue weighted by molar-refractivity contribution is 5.10. The standard InChI is InChI=1S/C12H20O/c1-3-5-7-8-9-11-12(13)10-6-4-2/h2,6,10,12-13H,3,5,7-9,11H2,1H3. The number of hydrogen-bond acceptors (Lipinski definition) is 1. The number of allylic oxidation sites excluding steroid dienone is 1. The summed E-state index contributed by atoms with van der Waals surface area (Å²) in [5, 5.41) is 9.35. The molecule has 0 fully saturated rings. The van der Waals surface area contributed by atoms with Gasteiger partial charge in [0.05, 0.1) is 6.10 Å². The lowest BCUT2D eigenvalue weighted by molar-refractivity contribution is 0.208. The van der Waals surface area contributed by atoms with Gasteiger partial charge in [-0.1, -0.05) is 44.9 Å². The Morgan fingerprint density at radius 1 is 1.31 bits per heavy atom. The second-order valence-electron chi connectivity index (χ2n) is 3.30. The average Bonchev–Trinajstić information content (AvgIpc) is 2.14. The molecule has 0 aromatic carbocycles. The summed E-state index contributed by atoms with van der Waals surface area (Å²) in [5.41, 5.74) is 0. The van der Waals surface area contributed by atoms with E-state index < -0.39 is 0 Å². The lowest BCUT2D eigenvalue weighted by Crippen LogP contribution is -2.01. The van der Waals surface area contributed by atoms with Crippen molar-refractivity contribution in [2.24, 2.45) is 0 Å². The zero-order valence-electron chi connectivity index (χ0n) is 8.50. The molecule has 0 aliphatic carbocycles. The van der Waals surface area contributed by atoms with Gasteiger partial charge < -0.3 is 5.11 Å². The van der Waals surface area contributed by atoms with Crippen LogP contribution in [0.5, 0.6) is 0 Å². The van der Waals surface area contributed by atoms with Crippen LogP contribution in [0.4, 0.5) is 0 Å². The third-order valence-corrected chi connectivity index (χ3v) is 2.02. The minimum absolute atomic E-state index is 0.349. The maximum atomic E-state index is 9.35. The monoisotopic (exact) mass is 180 g/mol. The highest BCUT2D eigenvalue weighted by atomic mass is 16.3. The van der Waals surface area contributed by atoms with Crippen molar-refractivity contribution in [3.63, 3.8) is 0 Å². The molecule has 0 saturated carbocycles. The second kappa shape index (κ2) is 9.35. The van der Waals surface area contributed by atoms with Crippen molar-refractivity contribution in [2.75, 3.05) is 0 Å². The summed E-state index contributed by atoms with van der Waals surface area (Å²) in [4.78, 5) is 0. The van der Waals surface area contributed by atoms with Crippen molar-refractivity contribution in [3.05, 3.63) is 12.2 Å². The smallest absolute Gasteiger partial charge is 0.0730 e. The second-order valence-corrected chi connectivity index (χ2v) is 3.30. The summed E-state index contributed by atoms with van der Waals surface area (Å²) < 4.78 is 0. The van der Waals surface area contributed by atoms with E-state index in [0.717, 1.165) is 12.8 Å². The third kappa shape index (κ3) is 9.17. The predicted octanol–water partition coefficient (Wildman–Crippen LogP) is 2.90. The van der Waals surface area contributed by atoms with Crippen molar-refractivity contribution in [2.45, 2.75) is 51.6 Å². The van der Waals surface area contributed by atoms with Gasteiger partial charge in [-0.25, -0.2) is 0 Å². The number of aliphatic hydroxyl groups is 1. The molecule has 1 N–H and O–H groups in total. The van der Waals surface area contributed by atoms with E-state index in [9.17, 15) is 5.11 Å². The maximum absolute atomic E-state index is 9.35. The van der Waals surface area contributed by atoms with Crippen LogP contribution < -0.4 is 0 Å². The minimum atomic E-state index is -0.349. The Kier molecular flexibility index (Phi) is 8.82. The van der Waals surface area contributed by atoms with Crippen LogP contribution >= 0.6 is 0 Å². The Balaban J connectivity index is 3.22. The average molecular weight is 180 g/mol. The fraction of sp³-hybridized carbons (Fsp3) is 0.667. The normalized spacial score (nSPS) is 13.0.